The second-order valence-corrected chi connectivity index (χ2v) is 12.7. The molecule has 0 aliphatic heterocycles. The largest absolute Gasteiger partial charge is 0.487 e. The van der Waals surface area contributed by atoms with Gasteiger partial charge in [-0.25, -0.2) is 0 Å². The summed E-state index contributed by atoms with van der Waals surface area (Å²) in [6.45, 7) is 7.56. The lowest BCUT2D eigenvalue weighted by molar-refractivity contribution is 0.0821. The van der Waals surface area contributed by atoms with Crippen molar-refractivity contribution in [1.29, 1.82) is 0 Å². The van der Waals surface area contributed by atoms with Crippen LogP contribution < -0.4 is 9.47 Å². The van der Waals surface area contributed by atoms with Crippen LogP contribution in [0, 0.1) is 6.92 Å². The van der Waals surface area contributed by atoms with Gasteiger partial charge in [0, 0.05) is 21.9 Å². The standard InChI is InChI=1S/C30H30O9S2/c1-5-30(4,6-2)39-25-16-15-24(22-9-7-8-10-23(22)25)38-26-14-13-21(18-28(26)41(35,36)37)29(31)20-12-11-19(3)27(17-20)40(32,33)34/h7-18H,5-6H2,1-4H3,(H,32,33,34)(H,35,36,37). The van der Waals surface area contributed by atoms with Gasteiger partial charge in [0.2, 0.25) is 0 Å². The normalized spacial score (nSPS) is 12.3. The number of fused-ring (bicyclic) bond motifs is 1. The van der Waals surface area contributed by atoms with Gasteiger partial charge in [-0.2, -0.15) is 16.8 Å². The van der Waals surface area contributed by atoms with Crippen LogP contribution in [0.25, 0.3) is 10.8 Å². The number of hydrogen-bond acceptors (Lipinski definition) is 7. The first-order chi connectivity index (χ1) is 19.2. The van der Waals surface area contributed by atoms with E-state index in [0.717, 1.165) is 30.4 Å². The number of benzene rings is 4. The van der Waals surface area contributed by atoms with Gasteiger partial charge in [-0.3, -0.25) is 13.9 Å². The first kappa shape index (κ1) is 30.2. The molecular weight excluding hydrogens is 568 g/mol. The molecule has 0 bridgehead atoms. The molecule has 0 heterocycles. The van der Waals surface area contributed by atoms with Crippen molar-refractivity contribution in [2.24, 2.45) is 0 Å². The Morgan fingerprint density at radius 3 is 1.78 bits per heavy atom. The van der Waals surface area contributed by atoms with Gasteiger partial charge in [-0.1, -0.05) is 50.2 Å². The highest BCUT2D eigenvalue weighted by Crippen LogP contribution is 2.39. The van der Waals surface area contributed by atoms with Crippen LogP contribution in [0.3, 0.4) is 0 Å². The molecule has 0 spiro atoms. The van der Waals surface area contributed by atoms with Crippen LogP contribution in [0.5, 0.6) is 17.2 Å². The SMILES string of the molecule is CCC(C)(CC)Oc1ccc(Oc2ccc(C(=O)c3ccc(C)c(S(=O)(=O)O)c3)cc2S(=O)(=O)O)c2ccccc12. The lowest BCUT2D eigenvalue weighted by Crippen LogP contribution is -2.30. The molecule has 0 fully saturated rings. The molecule has 0 saturated carbocycles. The van der Waals surface area contributed by atoms with Crippen LogP contribution in [-0.4, -0.2) is 37.3 Å². The highest BCUT2D eigenvalue weighted by molar-refractivity contribution is 7.86. The van der Waals surface area contributed by atoms with Gasteiger partial charge in [0.15, 0.2) is 5.78 Å². The maximum atomic E-state index is 13.2. The van der Waals surface area contributed by atoms with Crippen LogP contribution in [-0.2, 0) is 20.2 Å². The molecule has 0 atom stereocenters. The lowest BCUT2D eigenvalue weighted by atomic mass is 9.99. The van der Waals surface area contributed by atoms with E-state index in [0.29, 0.717) is 16.9 Å². The Bertz CT molecular complexity index is 1860. The second-order valence-electron chi connectivity index (χ2n) is 9.89. The van der Waals surface area contributed by atoms with Crippen molar-refractivity contribution in [3.05, 3.63) is 89.5 Å². The minimum atomic E-state index is -4.86. The van der Waals surface area contributed by atoms with Gasteiger partial charge in [0.05, 0.1) is 4.90 Å². The van der Waals surface area contributed by atoms with Crippen molar-refractivity contribution >= 4 is 36.8 Å². The summed E-state index contributed by atoms with van der Waals surface area (Å²) in [4.78, 5) is 12.1. The smallest absolute Gasteiger partial charge is 0.298 e. The van der Waals surface area contributed by atoms with E-state index in [1.54, 1.807) is 24.3 Å². The Kier molecular flexibility index (Phi) is 8.28. The Hall–Kier alpha value is -3.77. The molecule has 0 aromatic heterocycles. The number of ketones is 1. The molecule has 0 saturated heterocycles. The molecule has 216 valence electrons. The Morgan fingerprint density at radius 2 is 1.22 bits per heavy atom. The van der Waals surface area contributed by atoms with E-state index in [2.05, 4.69) is 0 Å². The topological polar surface area (TPSA) is 144 Å². The van der Waals surface area contributed by atoms with Gasteiger partial charge < -0.3 is 9.47 Å². The van der Waals surface area contributed by atoms with E-state index >= 15 is 0 Å². The molecule has 0 unspecified atom stereocenters. The predicted octanol–water partition coefficient (Wildman–Crippen LogP) is 6.62. The van der Waals surface area contributed by atoms with Crippen LogP contribution in [0.4, 0.5) is 0 Å². The van der Waals surface area contributed by atoms with Gasteiger partial charge in [-0.05, 0) is 68.7 Å². The molecule has 4 rings (SSSR count). The zero-order valence-corrected chi connectivity index (χ0v) is 24.5. The summed E-state index contributed by atoms with van der Waals surface area (Å²) in [5.41, 5.74) is -0.414. The first-order valence-corrected chi connectivity index (χ1v) is 15.7. The maximum absolute atomic E-state index is 13.2. The third kappa shape index (κ3) is 6.43. The van der Waals surface area contributed by atoms with Gasteiger partial charge in [0.25, 0.3) is 20.2 Å². The van der Waals surface area contributed by atoms with E-state index in [9.17, 15) is 30.7 Å². The van der Waals surface area contributed by atoms with E-state index in [1.807, 2.05) is 32.9 Å². The van der Waals surface area contributed by atoms with E-state index < -0.39 is 35.8 Å². The van der Waals surface area contributed by atoms with E-state index in [4.69, 9.17) is 9.47 Å². The van der Waals surface area contributed by atoms with Crippen molar-refractivity contribution in [2.45, 2.75) is 55.9 Å². The number of carbonyl (C=O) groups is 1. The molecule has 0 aliphatic rings. The summed E-state index contributed by atoms with van der Waals surface area (Å²) in [5.74, 6) is -0.0223. The lowest BCUT2D eigenvalue weighted by Gasteiger charge is -2.29. The highest BCUT2D eigenvalue weighted by Gasteiger charge is 2.25. The fourth-order valence-electron chi connectivity index (χ4n) is 4.32. The number of hydrogen-bond donors (Lipinski definition) is 2. The van der Waals surface area contributed by atoms with Crippen molar-refractivity contribution in [2.75, 3.05) is 0 Å². The zero-order valence-electron chi connectivity index (χ0n) is 22.9. The quantitative estimate of drug-likeness (QED) is 0.152. The Labute approximate surface area is 239 Å². The fraction of sp³-hybridized carbons (Fsp3) is 0.233. The fourth-order valence-corrected chi connectivity index (χ4v) is 5.71. The van der Waals surface area contributed by atoms with Gasteiger partial charge in [0.1, 0.15) is 27.7 Å². The molecule has 0 aliphatic carbocycles. The number of aryl methyl sites for hydroxylation is 1. The van der Waals surface area contributed by atoms with Crippen molar-refractivity contribution in [3.8, 4) is 17.2 Å². The Balaban J connectivity index is 1.76. The number of rotatable bonds is 10. The van der Waals surface area contributed by atoms with Crippen molar-refractivity contribution < 1.29 is 40.2 Å². The Morgan fingerprint density at radius 1 is 0.732 bits per heavy atom. The first-order valence-electron chi connectivity index (χ1n) is 12.8. The monoisotopic (exact) mass is 598 g/mol. The second kappa shape index (κ2) is 11.2. The van der Waals surface area contributed by atoms with Gasteiger partial charge >= 0.3 is 0 Å². The highest BCUT2D eigenvalue weighted by atomic mass is 32.2. The molecule has 2 N–H and O–H groups in total. The summed E-state index contributed by atoms with van der Waals surface area (Å²) in [6.07, 6.45) is 1.58. The maximum Gasteiger partial charge on any atom is 0.298 e. The molecular formula is C30H30O9S2. The minimum Gasteiger partial charge on any atom is -0.487 e. The number of ether oxygens (including phenoxy) is 2. The molecule has 41 heavy (non-hydrogen) atoms. The molecule has 11 heteroatoms. The summed E-state index contributed by atoms with van der Waals surface area (Å²) >= 11 is 0. The van der Waals surface area contributed by atoms with Crippen LogP contribution in [0.1, 0.15) is 55.1 Å². The van der Waals surface area contributed by atoms with Crippen molar-refractivity contribution in [3.63, 3.8) is 0 Å². The summed E-state index contributed by atoms with van der Waals surface area (Å²) < 4.78 is 79.9. The molecule has 9 nitrogen and oxygen atoms in total. The third-order valence-corrected chi connectivity index (χ3v) is 9.00. The predicted molar refractivity (Wildman–Crippen MR) is 154 cm³/mol. The zero-order chi connectivity index (χ0) is 30.2. The van der Waals surface area contributed by atoms with E-state index in [-0.39, 0.29) is 28.0 Å². The summed E-state index contributed by atoms with van der Waals surface area (Å²) in [5, 5.41) is 1.38. The average molecular weight is 599 g/mol. The summed E-state index contributed by atoms with van der Waals surface area (Å²) in [7, 11) is -9.46. The van der Waals surface area contributed by atoms with Crippen molar-refractivity contribution in [1.82, 2.24) is 0 Å². The van der Waals surface area contributed by atoms with Crippen LogP contribution >= 0.6 is 0 Å². The van der Waals surface area contributed by atoms with Crippen LogP contribution in [0.15, 0.2) is 82.6 Å². The molecule has 0 radical (unpaired) electrons. The average Bonchev–Trinajstić information content (AvgIpc) is 2.93. The molecule has 0 amide bonds. The number of carbonyl (C=O) groups excluding carboxylic acids is 1. The van der Waals surface area contributed by atoms with E-state index in [1.165, 1.54) is 31.2 Å². The summed E-state index contributed by atoms with van der Waals surface area (Å²) in [6, 6.07) is 17.8. The molecule has 4 aromatic carbocycles. The van der Waals surface area contributed by atoms with Gasteiger partial charge in [-0.15, -0.1) is 0 Å². The minimum absolute atomic E-state index is 0.106. The third-order valence-electron chi connectivity index (χ3n) is 7.13. The molecule has 4 aromatic rings. The van der Waals surface area contributed by atoms with Crippen LogP contribution in [0.2, 0.25) is 0 Å².